The van der Waals surface area contributed by atoms with Crippen LogP contribution in [-0.4, -0.2) is 34.1 Å². The van der Waals surface area contributed by atoms with Crippen LogP contribution >= 0.6 is 0 Å². The zero-order valence-corrected chi connectivity index (χ0v) is 13.3. The number of ether oxygens (including phenoxy) is 1. The van der Waals surface area contributed by atoms with Crippen molar-refractivity contribution >= 4 is 16.8 Å². The second kappa shape index (κ2) is 6.56. The van der Waals surface area contributed by atoms with Gasteiger partial charge in [-0.2, -0.15) is 0 Å². The van der Waals surface area contributed by atoms with E-state index in [-0.39, 0.29) is 5.91 Å². The molecule has 6 heteroatoms. The van der Waals surface area contributed by atoms with Gasteiger partial charge in [-0.15, -0.1) is 0 Å². The molecular weight excluding hydrogens is 292 g/mol. The summed E-state index contributed by atoms with van der Waals surface area (Å²) in [4.78, 5) is 19.5. The Balaban J connectivity index is 1.56. The lowest BCUT2D eigenvalue weighted by atomic mass is 10.2. The van der Waals surface area contributed by atoms with Crippen molar-refractivity contribution < 1.29 is 9.53 Å². The van der Waals surface area contributed by atoms with E-state index in [1.165, 1.54) is 0 Å². The number of amides is 1. The quantitative estimate of drug-likeness (QED) is 0.687. The predicted octanol–water partition coefficient (Wildman–Crippen LogP) is 2.50. The first-order chi connectivity index (χ1) is 11.2. The van der Waals surface area contributed by atoms with Crippen molar-refractivity contribution in [1.82, 2.24) is 19.9 Å². The van der Waals surface area contributed by atoms with Gasteiger partial charge >= 0.3 is 0 Å². The van der Waals surface area contributed by atoms with Crippen molar-refractivity contribution in [2.75, 3.05) is 13.7 Å². The van der Waals surface area contributed by atoms with Crippen molar-refractivity contribution in [3.63, 3.8) is 0 Å². The molecule has 0 saturated heterocycles. The number of aromatic nitrogens is 3. The van der Waals surface area contributed by atoms with Crippen LogP contribution in [-0.2, 0) is 6.54 Å². The number of nitrogens with one attached hydrogen (secondary N) is 2. The Morgan fingerprint density at radius 2 is 2.26 bits per heavy atom. The number of methoxy groups -OCH3 is 1. The molecular formula is C17H20N4O2. The van der Waals surface area contributed by atoms with Gasteiger partial charge < -0.3 is 19.6 Å². The van der Waals surface area contributed by atoms with Crippen LogP contribution in [0.1, 0.15) is 22.7 Å². The zero-order chi connectivity index (χ0) is 16.2. The van der Waals surface area contributed by atoms with E-state index in [1.807, 2.05) is 37.4 Å². The molecule has 3 aromatic rings. The molecule has 1 aromatic carbocycles. The Labute approximate surface area is 134 Å². The van der Waals surface area contributed by atoms with E-state index < -0.39 is 0 Å². The topological polar surface area (TPSA) is 71.9 Å². The van der Waals surface area contributed by atoms with Gasteiger partial charge in [-0.1, -0.05) is 0 Å². The summed E-state index contributed by atoms with van der Waals surface area (Å²) in [5.74, 6) is 1.67. The van der Waals surface area contributed by atoms with Gasteiger partial charge in [-0.05, 0) is 37.6 Å². The lowest BCUT2D eigenvalue weighted by Gasteiger charge is -2.06. The normalized spacial score (nSPS) is 10.9. The number of carbonyl (C=O) groups is 1. The molecule has 6 nitrogen and oxygen atoms in total. The van der Waals surface area contributed by atoms with Gasteiger partial charge in [0.05, 0.1) is 7.11 Å². The first-order valence-corrected chi connectivity index (χ1v) is 7.60. The van der Waals surface area contributed by atoms with Crippen molar-refractivity contribution in [3.05, 3.63) is 48.2 Å². The van der Waals surface area contributed by atoms with Crippen LogP contribution in [0.5, 0.6) is 5.75 Å². The van der Waals surface area contributed by atoms with E-state index in [2.05, 4.69) is 19.9 Å². The van der Waals surface area contributed by atoms with Crippen molar-refractivity contribution in [2.45, 2.75) is 19.9 Å². The molecule has 23 heavy (non-hydrogen) atoms. The van der Waals surface area contributed by atoms with Gasteiger partial charge in [-0.25, -0.2) is 4.98 Å². The minimum absolute atomic E-state index is 0.0949. The van der Waals surface area contributed by atoms with E-state index in [9.17, 15) is 4.79 Å². The highest BCUT2D eigenvalue weighted by molar-refractivity contribution is 5.98. The number of imidazole rings is 1. The summed E-state index contributed by atoms with van der Waals surface area (Å²) in [5, 5.41) is 3.90. The molecule has 0 unspecified atom stereocenters. The molecule has 2 heterocycles. The van der Waals surface area contributed by atoms with Gasteiger partial charge in [0.1, 0.15) is 17.3 Å². The lowest BCUT2D eigenvalue weighted by Crippen LogP contribution is -2.25. The predicted molar refractivity (Wildman–Crippen MR) is 88.8 cm³/mol. The van der Waals surface area contributed by atoms with Crippen LogP contribution in [0.2, 0.25) is 0 Å². The fraction of sp³-hybridized carbons (Fsp3) is 0.294. The Kier molecular flexibility index (Phi) is 4.32. The van der Waals surface area contributed by atoms with Crippen LogP contribution in [0.4, 0.5) is 0 Å². The number of H-pyrrole nitrogens is 1. The van der Waals surface area contributed by atoms with Crippen LogP contribution in [0, 0.1) is 6.92 Å². The summed E-state index contributed by atoms with van der Waals surface area (Å²) in [7, 11) is 1.63. The lowest BCUT2D eigenvalue weighted by molar-refractivity contribution is 0.0948. The largest absolute Gasteiger partial charge is 0.497 e. The Morgan fingerprint density at radius 1 is 1.39 bits per heavy atom. The summed E-state index contributed by atoms with van der Waals surface area (Å²) in [6.45, 7) is 3.43. The van der Waals surface area contributed by atoms with Gasteiger partial charge in [-0.3, -0.25) is 4.79 Å². The number of fused-ring (bicyclic) bond motifs is 1. The molecule has 0 aliphatic carbocycles. The van der Waals surface area contributed by atoms with Crippen LogP contribution in [0.15, 0.2) is 36.7 Å². The average molecular weight is 312 g/mol. The van der Waals surface area contributed by atoms with Crippen LogP contribution in [0.3, 0.4) is 0 Å². The Morgan fingerprint density at radius 3 is 3.00 bits per heavy atom. The molecule has 0 bridgehead atoms. The number of benzene rings is 1. The first kappa shape index (κ1) is 15.1. The highest BCUT2D eigenvalue weighted by Crippen LogP contribution is 2.21. The fourth-order valence-electron chi connectivity index (χ4n) is 2.55. The third-order valence-electron chi connectivity index (χ3n) is 3.86. The second-order valence-electron chi connectivity index (χ2n) is 5.41. The third kappa shape index (κ3) is 3.36. The SMILES string of the molecule is COc1ccc2[nH]c(C(=O)NCCCn3ccnc3C)cc2c1. The zero-order valence-electron chi connectivity index (χ0n) is 13.3. The maximum atomic E-state index is 12.2. The van der Waals surface area contributed by atoms with E-state index in [4.69, 9.17) is 4.74 Å². The van der Waals surface area contributed by atoms with Crippen molar-refractivity contribution in [3.8, 4) is 5.75 Å². The molecule has 0 spiro atoms. The molecule has 0 radical (unpaired) electrons. The molecule has 0 atom stereocenters. The van der Waals surface area contributed by atoms with Gasteiger partial charge in [0.2, 0.25) is 0 Å². The molecule has 0 fully saturated rings. The standard InChI is InChI=1S/C17H20N4O2/c1-12-18-7-9-21(12)8-3-6-19-17(22)16-11-13-10-14(23-2)4-5-15(13)20-16/h4-5,7,9-11,20H,3,6,8H2,1-2H3,(H,19,22). The molecule has 2 aromatic heterocycles. The number of carbonyl (C=O) groups excluding carboxylic acids is 1. The summed E-state index contributed by atoms with van der Waals surface area (Å²) >= 11 is 0. The number of rotatable bonds is 6. The van der Waals surface area contributed by atoms with Crippen LogP contribution in [0.25, 0.3) is 10.9 Å². The fourth-order valence-corrected chi connectivity index (χ4v) is 2.55. The summed E-state index contributed by atoms with van der Waals surface area (Å²) in [6, 6.07) is 7.53. The summed E-state index contributed by atoms with van der Waals surface area (Å²) < 4.78 is 7.27. The Bertz CT molecular complexity index is 819. The highest BCUT2D eigenvalue weighted by atomic mass is 16.5. The molecule has 3 rings (SSSR count). The van der Waals surface area contributed by atoms with Crippen molar-refractivity contribution in [1.29, 1.82) is 0 Å². The molecule has 0 saturated carbocycles. The van der Waals surface area contributed by atoms with Crippen LogP contribution < -0.4 is 10.1 Å². The first-order valence-electron chi connectivity index (χ1n) is 7.60. The highest BCUT2D eigenvalue weighted by Gasteiger charge is 2.09. The molecule has 0 aliphatic rings. The van der Waals surface area contributed by atoms with E-state index in [0.717, 1.165) is 35.4 Å². The molecule has 2 N–H and O–H groups in total. The van der Waals surface area contributed by atoms with Gasteiger partial charge in [0, 0.05) is 36.4 Å². The smallest absolute Gasteiger partial charge is 0.267 e. The average Bonchev–Trinajstić information content (AvgIpc) is 3.16. The van der Waals surface area contributed by atoms with E-state index >= 15 is 0 Å². The van der Waals surface area contributed by atoms with Gasteiger partial charge in [0.15, 0.2) is 0 Å². The molecule has 1 amide bonds. The van der Waals surface area contributed by atoms with Crippen molar-refractivity contribution in [2.24, 2.45) is 0 Å². The van der Waals surface area contributed by atoms with E-state index in [1.54, 1.807) is 13.3 Å². The monoisotopic (exact) mass is 312 g/mol. The van der Waals surface area contributed by atoms with E-state index in [0.29, 0.717) is 12.2 Å². The maximum absolute atomic E-state index is 12.2. The molecule has 120 valence electrons. The number of hydrogen-bond donors (Lipinski definition) is 2. The number of aryl methyl sites for hydroxylation is 2. The third-order valence-corrected chi connectivity index (χ3v) is 3.86. The minimum atomic E-state index is -0.0949. The Hall–Kier alpha value is -2.76. The number of hydrogen-bond acceptors (Lipinski definition) is 3. The molecule has 0 aliphatic heterocycles. The summed E-state index contributed by atoms with van der Waals surface area (Å²) in [5.41, 5.74) is 1.48. The number of nitrogens with zero attached hydrogens (tertiary/aromatic N) is 2. The second-order valence-corrected chi connectivity index (χ2v) is 5.41. The summed E-state index contributed by atoms with van der Waals surface area (Å²) in [6.07, 6.45) is 4.59. The maximum Gasteiger partial charge on any atom is 0.267 e. The minimum Gasteiger partial charge on any atom is -0.497 e. The van der Waals surface area contributed by atoms with Gasteiger partial charge in [0.25, 0.3) is 5.91 Å². The number of aromatic amines is 1.